The van der Waals surface area contributed by atoms with Crippen LogP contribution in [-0.4, -0.2) is 73.8 Å². The molecule has 224 valence electrons. The first kappa shape index (κ1) is 37.8. The van der Waals surface area contributed by atoms with Crippen molar-refractivity contribution in [2.45, 2.75) is 130 Å². The lowest BCUT2D eigenvalue weighted by molar-refractivity contribution is -0.143. The van der Waals surface area contributed by atoms with Crippen molar-refractivity contribution in [3.05, 3.63) is 12.2 Å². The first-order valence-electron chi connectivity index (χ1n) is 13.6. The third kappa shape index (κ3) is 15.6. The van der Waals surface area contributed by atoms with Crippen LogP contribution in [-0.2, 0) is 35.5 Å². The summed E-state index contributed by atoms with van der Waals surface area (Å²) in [4.78, 5) is 25.3. The van der Waals surface area contributed by atoms with Gasteiger partial charge in [0.05, 0.1) is 0 Å². The maximum atomic E-state index is 12.6. The lowest BCUT2D eigenvalue weighted by Gasteiger charge is -2.40. The number of ether oxygens (including phenoxy) is 2. The smallest absolute Gasteiger partial charge is 0.331 e. The number of rotatable bonds is 16. The van der Waals surface area contributed by atoms with Crippen LogP contribution >= 0.6 is 0 Å². The molecule has 2 atom stereocenters. The zero-order valence-electron chi connectivity index (χ0n) is 27.0. The molecule has 0 saturated carbocycles. The Kier molecular flexibility index (Phi) is 14.1. The molecule has 2 unspecified atom stereocenters. The first-order chi connectivity index (χ1) is 16.7. The molecule has 14 heteroatoms. The van der Waals surface area contributed by atoms with Crippen LogP contribution in [0.25, 0.3) is 0 Å². The van der Waals surface area contributed by atoms with Gasteiger partial charge in [-0.25, -0.2) is 9.59 Å². The Labute approximate surface area is 239 Å². The molecule has 0 amide bonds. The lowest BCUT2D eigenvalue weighted by Crippen LogP contribution is -2.57. The molecule has 0 aromatic heterocycles. The van der Waals surface area contributed by atoms with E-state index in [1.165, 1.54) is 0 Å². The zero-order valence-corrected chi connectivity index (χ0v) is 33.0. The number of carbonyl (C=O) groups is 2. The van der Waals surface area contributed by atoms with Gasteiger partial charge >= 0.3 is 29.1 Å². The van der Waals surface area contributed by atoms with Gasteiger partial charge in [-0.05, 0) is 104 Å². The summed E-state index contributed by atoms with van der Waals surface area (Å²) >= 11 is 0. The molecular weight excluding hydrogens is 585 g/mol. The van der Waals surface area contributed by atoms with Crippen molar-refractivity contribution >= 4 is 62.3 Å². The highest BCUT2D eigenvalue weighted by Gasteiger charge is 2.45. The van der Waals surface area contributed by atoms with Crippen molar-refractivity contribution in [2.75, 3.05) is 0 Å². The quantitative estimate of drug-likeness (QED) is 0.103. The minimum absolute atomic E-state index is 0.366. The summed E-state index contributed by atoms with van der Waals surface area (Å²) < 4.78 is 37.3. The van der Waals surface area contributed by atoms with E-state index in [1.807, 2.05) is 66.2 Å². The highest BCUT2D eigenvalue weighted by Crippen LogP contribution is 2.26. The van der Waals surface area contributed by atoms with E-state index in [4.69, 9.17) is 25.9 Å². The van der Waals surface area contributed by atoms with Crippen molar-refractivity contribution in [3.8, 4) is 0 Å². The van der Waals surface area contributed by atoms with Gasteiger partial charge in [-0.15, -0.1) is 0 Å². The highest BCUT2D eigenvalue weighted by molar-refractivity contribution is 6.88. The fraction of sp³-hybridized carbons (Fsp3) is 0.833. The summed E-state index contributed by atoms with van der Waals surface area (Å²) in [6.07, 6.45) is 3.53. The van der Waals surface area contributed by atoms with Crippen LogP contribution in [0.2, 0.25) is 91.7 Å². The van der Waals surface area contributed by atoms with Gasteiger partial charge in [0, 0.05) is 12.2 Å². The van der Waals surface area contributed by atoms with Crippen molar-refractivity contribution in [1.82, 2.24) is 0 Å². The summed E-state index contributed by atoms with van der Waals surface area (Å²) in [7, 11) is -13.2. The Morgan fingerprint density at radius 2 is 0.789 bits per heavy atom. The van der Waals surface area contributed by atoms with E-state index in [-0.39, 0.29) is 11.5 Å². The highest BCUT2D eigenvalue weighted by atomic mass is 28.5. The van der Waals surface area contributed by atoms with E-state index in [1.54, 1.807) is 0 Å². The van der Waals surface area contributed by atoms with Gasteiger partial charge in [0.25, 0.3) is 0 Å². The summed E-state index contributed by atoms with van der Waals surface area (Å²) in [5.41, 5.74) is -0.733. The third-order valence-electron chi connectivity index (χ3n) is 5.29. The van der Waals surface area contributed by atoms with E-state index in [2.05, 4.69) is 39.3 Å². The average Bonchev–Trinajstić information content (AvgIpc) is 2.62. The molecule has 0 radical (unpaired) electrons. The van der Waals surface area contributed by atoms with Crippen LogP contribution in [0.15, 0.2) is 12.2 Å². The Morgan fingerprint density at radius 3 is 1.00 bits per heavy atom. The molecule has 38 heavy (non-hydrogen) atoms. The molecule has 0 saturated heterocycles. The van der Waals surface area contributed by atoms with Crippen LogP contribution in [0.1, 0.15) is 26.7 Å². The van der Waals surface area contributed by atoms with Crippen molar-refractivity contribution in [1.29, 1.82) is 0 Å². The Bertz CT molecular complexity index is 750. The molecule has 0 fully saturated rings. The second kappa shape index (κ2) is 14.1. The van der Waals surface area contributed by atoms with E-state index >= 15 is 0 Å². The van der Waals surface area contributed by atoms with Crippen molar-refractivity contribution in [3.63, 3.8) is 0 Å². The molecule has 8 nitrogen and oxygen atoms in total. The third-order valence-corrected chi connectivity index (χ3v) is 26.4. The standard InChI is InChI=1S/C24H56O8Si6/c1-17-23(35(9,10)31-37(13,14)29-33(3,4)5)27-21(25)19-20-22(26)28-24(18-2)36(11,12)32-38(15,16)30-34(6,7)8/h19-20,23-24H,17-18H2,1-16H3/b20-19+. The van der Waals surface area contributed by atoms with Crippen LogP contribution < -0.4 is 0 Å². The second-order valence-corrected chi connectivity index (χ2v) is 38.7. The molecule has 0 aromatic carbocycles. The van der Waals surface area contributed by atoms with E-state index in [0.29, 0.717) is 12.8 Å². The predicted octanol–water partition coefficient (Wildman–Crippen LogP) is 6.81. The average molecular weight is 641 g/mol. The van der Waals surface area contributed by atoms with Crippen LogP contribution in [0.4, 0.5) is 0 Å². The normalized spacial score (nSPS) is 15.9. The topological polar surface area (TPSA) is 89.5 Å². The first-order valence-corrected chi connectivity index (χ1v) is 32.1. The Hall–Kier alpha value is -0.179. The molecule has 0 aliphatic carbocycles. The van der Waals surface area contributed by atoms with Gasteiger partial charge in [0.1, 0.15) is 11.5 Å². The molecule has 0 aromatic rings. The molecule has 0 N–H and O–H groups in total. The van der Waals surface area contributed by atoms with E-state index < -0.39 is 62.3 Å². The largest absolute Gasteiger partial charge is 0.460 e. The van der Waals surface area contributed by atoms with Crippen LogP contribution in [0, 0.1) is 0 Å². The molecular formula is C24H56O8Si6. The van der Waals surface area contributed by atoms with Gasteiger partial charge in [-0.3, -0.25) is 0 Å². The molecule has 0 heterocycles. The SMILES string of the molecule is CCC(OC(=O)/C=C/C(=O)OC(CC)[Si](C)(C)O[Si](C)(C)O[Si](C)(C)C)[Si](C)(C)O[Si](C)(C)O[Si](C)(C)C. The van der Waals surface area contributed by atoms with E-state index in [0.717, 1.165) is 12.2 Å². The zero-order chi connectivity index (χ0) is 30.4. The van der Waals surface area contributed by atoms with Crippen LogP contribution in [0.3, 0.4) is 0 Å². The summed E-state index contributed by atoms with van der Waals surface area (Å²) in [5, 5.41) is 0. The molecule has 0 aliphatic heterocycles. The molecule has 0 rings (SSSR count). The minimum Gasteiger partial charge on any atom is -0.460 e. The van der Waals surface area contributed by atoms with Crippen molar-refractivity contribution in [2.24, 2.45) is 0 Å². The monoisotopic (exact) mass is 640 g/mol. The number of carbonyl (C=O) groups excluding carboxylic acids is 2. The minimum atomic E-state index is -2.43. The number of hydrogen-bond donors (Lipinski definition) is 0. The van der Waals surface area contributed by atoms with Gasteiger partial charge in [0.2, 0.25) is 16.6 Å². The Morgan fingerprint density at radius 1 is 0.526 bits per heavy atom. The van der Waals surface area contributed by atoms with Crippen molar-refractivity contribution < 1.29 is 35.5 Å². The predicted molar refractivity (Wildman–Crippen MR) is 170 cm³/mol. The van der Waals surface area contributed by atoms with Crippen LogP contribution in [0.5, 0.6) is 0 Å². The summed E-state index contributed by atoms with van der Waals surface area (Å²) in [5.74, 6) is -1.16. The fourth-order valence-corrected chi connectivity index (χ4v) is 31.7. The molecule has 0 spiro atoms. The van der Waals surface area contributed by atoms with Gasteiger partial charge in [0.15, 0.2) is 16.6 Å². The fourth-order valence-electron chi connectivity index (χ4n) is 4.84. The second-order valence-electron chi connectivity index (χ2n) is 13.6. The maximum absolute atomic E-state index is 12.6. The van der Waals surface area contributed by atoms with E-state index in [9.17, 15) is 9.59 Å². The molecule has 0 aliphatic rings. The maximum Gasteiger partial charge on any atom is 0.331 e. The summed E-state index contributed by atoms with van der Waals surface area (Å²) in [6.45, 7) is 33.2. The van der Waals surface area contributed by atoms with Gasteiger partial charge in [-0.2, -0.15) is 0 Å². The molecule has 0 bridgehead atoms. The van der Waals surface area contributed by atoms with Gasteiger partial charge in [-0.1, -0.05) is 13.8 Å². The lowest BCUT2D eigenvalue weighted by atomic mass is 10.4. The number of hydrogen-bond acceptors (Lipinski definition) is 8. The summed E-state index contributed by atoms with van der Waals surface area (Å²) in [6, 6.07) is 0. The van der Waals surface area contributed by atoms with Gasteiger partial charge < -0.3 is 25.9 Å². The Balaban J connectivity index is 5.28. The number of esters is 2.